The predicted octanol–water partition coefficient (Wildman–Crippen LogP) is 4.36. The van der Waals surface area contributed by atoms with E-state index in [1.807, 2.05) is 55.7 Å². The van der Waals surface area contributed by atoms with Gasteiger partial charge in [-0.1, -0.05) is 51.1 Å². The predicted molar refractivity (Wildman–Crippen MR) is 267 cm³/mol. The average molecular weight is 1100 g/mol. The maximum Gasteiger partial charge on any atom is 0.490 e. The molecule has 0 spiro atoms. The van der Waals surface area contributed by atoms with Crippen LogP contribution in [0, 0.1) is 17.0 Å². The number of rotatable bonds is 33. The van der Waals surface area contributed by atoms with Gasteiger partial charge in [-0.2, -0.15) is 24.9 Å². The molecule has 6 N–H and O–H groups in total. The van der Waals surface area contributed by atoms with Gasteiger partial charge in [0.15, 0.2) is 0 Å². The van der Waals surface area contributed by atoms with Crippen LogP contribution < -0.4 is 16.4 Å². The van der Waals surface area contributed by atoms with E-state index < -0.39 is 65.0 Å². The Bertz CT molecular complexity index is 2370. The highest BCUT2D eigenvalue weighted by Crippen LogP contribution is 2.40. The van der Waals surface area contributed by atoms with Crippen LogP contribution in [0.15, 0.2) is 66.9 Å². The summed E-state index contributed by atoms with van der Waals surface area (Å²) in [7, 11) is 0. The summed E-state index contributed by atoms with van der Waals surface area (Å²) in [4.78, 5) is 90.3. The minimum atomic E-state index is -5.08. The standard InChI is InChI=1S/C48H65F2N7O11S.C2HF3O2/c1-48(2,3)45(46-54-39(36-30-35(49)10-11-37(36)50)32-55(46)31-34-8-5-4-6-9-34)57(19-7-17-51)44(62)33-69-29-16-38(47(63)64)53-41(59)15-21-65-23-25-67-27-28-68-26-24-66-22-18-52-40(58)14-20-56-42(60)12-13-43(56)61;3-2(4,5)1(6)7/h4-6,8-13,30,32,38,45H,7,14-29,31,33,51H2,1-3H3,(H,52,58)(H,53,59)(H,63,64);(H,6,7)/t38-,45-;/m0./s1. The lowest BCUT2D eigenvalue weighted by Gasteiger charge is -2.40. The number of hydrogen-bond acceptors (Lipinski definition) is 14. The van der Waals surface area contributed by atoms with Crippen molar-refractivity contribution >= 4 is 53.2 Å². The number of aromatic nitrogens is 2. The van der Waals surface area contributed by atoms with Gasteiger partial charge >= 0.3 is 18.1 Å². The number of nitrogens with two attached hydrogens (primary N) is 1. The number of nitrogens with zero attached hydrogens (tertiary/aromatic N) is 4. The molecule has 0 bridgehead atoms. The minimum Gasteiger partial charge on any atom is -0.480 e. The van der Waals surface area contributed by atoms with Crippen molar-refractivity contribution < 1.29 is 84.7 Å². The maximum absolute atomic E-state index is 15.1. The lowest BCUT2D eigenvalue weighted by molar-refractivity contribution is -0.192. The van der Waals surface area contributed by atoms with Crippen LogP contribution >= 0.6 is 11.8 Å². The number of hydrogen-bond donors (Lipinski definition) is 5. The van der Waals surface area contributed by atoms with Crippen molar-refractivity contribution in [1.29, 1.82) is 0 Å². The molecule has 1 aliphatic heterocycles. The number of carbonyl (C=O) groups excluding carboxylic acids is 5. The van der Waals surface area contributed by atoms with Gasteiger partial charge in [0.05, 0.1) is 70.3 Å². The third-order valence-electron chi connectivity index (χ3n) is 10.8. The summed E-state index contributed by atoms with van der Waals surface area (Å²) in [6.07, 6.45) is -0.600. The van der Waals surface area contributed by atoms with E-state index in [1.54, 1.807) is 11.1 Å². The van der Waals surface area contributed by atoms with E-state index in [1.165, 1.54) is 23.9 Å². The largest absolute Gasteiger partial charge is 0.490 e. The van der Waals surface area contributed by atoms with Crippen LogP contribution in [0.2, 0.25) is 0 Å². The third kappa shape index (κ3) is 23.3. The molecule has 76 heavy (non-hydrogen) atoms. The van der Waals surface area contributed by atoms with Crippen LogP contribution in [-0.4, -0.2) is 174 Å². The lowest BCUT2D eigenvalue weighted by Crippen LogP contribution is -2.44. The van der Waals surface area contributed by atoms with E-state index in [-0.39, 0.29) is 99.9 Å². The molecule has 1 aliphatic rings. The first-order chi connectivity index (χ1) is 36.0. The van der Waals surface area contributed by atoms with E-state index in [9.17, 15) is 51.4 Å². The van der Waals surface area contributed by atoms with Crippen LogP contribution in [0.25, 0.3) is 11.3 Å². The normalized spacial score (nSPS) is 13.2. The number of carboxylic acids is 2. The van der Waals surface area contributed by atoms with Crippen LogP contribution in [0.5, 0.6) is 0 Å². The van der Waals surface area contributed by atoms with Crippen molar-refractivity contribution in [3.8, 4) is 11.3 Å². The number of carbonyl (C=O) groups is 7. The summed E-state index contributed by atoms with van der Waals surface area (Å²) in [5.74, 6) is -6.39. The van der Waals surface area contributed by atoms with E-state index >= 15 is 4.39 Å². The molecule has 0 fully saturated rings. The molecule has 3 aromatic rings. The first kappa shape index (κ1) is 64.0. The Morgan fingerprint density at radius 2 is 1.42 bits per heavy atom. The van der Waals surface area contributed by atoms with Crippen molar-refractivity contribution in [2.24, 2.45) is 11.1 Å². The van der Waals surface area contributed by atoms with Crippen molar-refractivity contribution in [3.05, 3.63) is 89.9 Å². The number of benzene rings is 2. The van der Waals surface area contributed by atoms with E-state index in [2.05, 4.69) is 10.6 Å². The molecule has 5 amide bonds. The number of alkyl halides is 3. The Kier molecular flexibility index (Phi) is 27.8. The quantitative estimate of drug-likeness (QED) is 0.0322. The Labute approximate surface area is 440 Å². The molecule has 2 atom stereocenters. The number of aliphatic carboxylic acids is 2. The van der Waals surface area contributed by atoms with Gasteiger partial charge in [0.25, 0.3) is 11.8 Å². The molecule has 420 valence electrons. The van der Waals surface area contributed by atoms with Gasteiger partial charge in [0.1, 0.15) is 23.5 Å². The molecule has 4 rings (SSSR count). The molecule has 0 saturated heterocycles. The Hall–Kier alpha value is -6.32. The number of amides is 5. The zero-order valence-electron chi connectivity index (χ0n) is 42.5. The molecule has 0 radical (unpaired) electrons. The second-order valence-corrected chi connectivity index (χ2v) is 18.9. The van der Waals surface area contributed by atoms with Gasteiger partial charge in [0.2, 0.25) is 17.7 Å². The van der Waals surface area contributed by atoms with Crippen molar-refractivity contribution in [3.63, 3.8) is 0 Å². The molecule has 20 nitrogen and oxygen atoms in total. The summed E-state index contributed by atoms with van der Waals surface area (Å²) in [6, 6.07) is 11.0. The first-order valence-corrected chi connectivity index (χ1v) is 25.3. The van der Waals surface area contributed by atoms with Gasteiger partial charge in [-0.3, -0.25) is 28.9 Å². The van der Waals surface area contributed by atoms with Crippen LogP contribution in [0.1, 0.15) is 63.9 Å². The second-order valence-electron chi connectivity index (χ2n) is 17.8. The lowest BCUT2D eigenvalue weighted by atomic mass is 9.84. The molecule has 0 unspecified atom stereocenters. The number of ether oxygens (including phenoxy) is 4. The van der Waals surface area contributed by atoms with E-state index in [4.69, 9.17) is 39.6 Å². The molecular weight excluding hydrogens is 1030 g/mol. The molecule has 26 heteroatoms. The highest BCUT2D eigenvalue weighted by Gasteiger charge is 2.39. The van der Waals surface area contributed by atoms with E-state index in [0.29, 0.717) is 51.8 Å². The number of imidazole rings is 1. The van der Waals surface area contributed by atoms with E-state index in [0.717, 1.165) is 28.7 Å². The highest BCUT2D eigenvalue weighted by atomic mass is 32.2. The number of carboxylic acid groups (broad SMARTS) is 2. The van der Waals surface area contributed by atoms with Crippen molar-refractivity contribution in [1.82, 2.24) is 30.0 Å². The molecular formula is C50H66F5N7O13S. The molecule has 0 saturated carbocycles. The number of halogens is 5. The monoisotopic (exact) mass is 1100 g/mol. The Morgan fingerprint density at radius 1 is 0.829 bits per heavy atom. The van der Waals surface area contributed by atoms with Crippen LogP contribution in [0.4, 0.5) is 22.0 Å². The summed E-state index contributed by atoms with van der Waals surface area (Å²) < 4.78 is 84.8. The average Bonchev–Trinajstić information content (AvgIpc) is 3.91. The van der Waals surface area contributed by atoms with Crippen molar-refractivity contribution in [2.45, 2.75) is 71.3 Å². The summed E-state index contributed by atoms with van der Waals surface area (Å²) in [6.45, 7) is 9.13. The fourth-order valence-electron chi connectivity index (χ4n) is 7.14. The third-order valence-corrected chi connectivity index (χ3v) is 11.8. The zero-order valence-corrected chi connectivity index (χ0v) is 43.3. The van der Waals surface area contributed by atoms with Crippen LogP contribution in [0.3, 0.4) is 0 Å². The first-order valence-electron chi connectivity index (χ1n) is 24.1. The Morgan fingerprint density at radius 3 is 1.99 bits per heavy atom. The number of thioether (sulfide) groups is 1. The van der Waals surface area contributed by atoms with Gasteiger partial charge in [-0.15, -0.1) is 0 Å². The molecule has 2 heterocycles. The second kappa shape index (κ2) is 33.0. The smallest absolute Gasteiger partial charge is 0.480 e. The topological polar surface area (TPSA) is 271 Å². The number of nitrogens with one attached hydrogen (secondary N) is 2. The molecule has 1 aromatic heterocycles. The highest BCUT2D eigenvalue weighted by molar-refractivity contribution is 7.99. The molecule has 2 aromatic carbocycles. The minimum absolute atomic E-state index is 0.00198. The fraction of sp³-hybridized carbons (Fsp3) is 0.520. The van der Waals surface area contributed by atoms with Gasteiger partial charge in [0, 0.05) is 62.9 Å². The van der Waals surface area contributed by atoms with Crippen molar-refractivity contribution in [2.75, 3.05) is 90.5 Å². The fourth-order valence-corrected chi connectivity index (χ4v) is 8.03. The SMILES string of the molecule is CC(C)(C)[C@H](c1nc(-c2cc(F)ccc2F)cn1Cc1ccccc1)N(CCCN)C(=O)CSCC[C@H](NC(=O)CCOCCOCCOCCOCCNC(=O)CCN1C(=O)C=CC1=O)C(=O)O.O=C(O)C(F)(F)F. The van der Waals surface area contributed by atoms with Gasteiger partial charge < -0.3 is 55.0 Å². The Balaban J connectivity index is 0.00000202. The molecule has 0 aliphatic carbocycles. The summed E-state index contributed by atoms with van der Waals surface area (Å²) in [5.41, 5.74) is 6.49. The van der Waals surface area contributed by atoms with Gasteiger partial charge in [-0.05, 0) is 54.3 Å². The zero-order chi connectivity index (χ0) is 56.3. The van der Waals surface area contributed by atoms with Gasteiger partial charge in [-0.25, -0.2) is 23.4 Å². The van der Waals surface area contributed by atoms with Crippen LogP contribution in [-0.2, 0) is 59.1 Å². The maximum atomic E-state index is 15.1. The summed E-state index contributed by atoms with van der Waals surface area (Å²) in [5, 5.41) is 22.2. The summed E-state index contributed by atoms with van der Waals surface area (Å²) >= 11 is 1.24. The number of imide groups is 1.